The van der Waals surface area contributed by atoms with Crippen LogP contribution in [0.3, 0.4) is 0 Å². The Hall–Kier alpha value is -2.50. The highest BCUT2D eigenvalue weighted by atomic mass is 16.5. The maximum Gasteiger partial charge on any atom is 0.272 e. The van der Waals surface area contributed by atoms with Crippen molar-refractivity contribution in [3.8, 4) is 17.0 Å². The summed E-state index contributed by atoms with van der Waals surface area (Å²) in [5, 5.41) is 11.8. The molecule has 3 aromatic rings. The van der Waals surface area contributed by atoms with Gasteiger partial charge in [0.25, 0.3) is 5.78 Å². The lowest BCUT2D eigenvalue weighted by atomic mass is 10.1. The highest BCUT2D eigenvalue weighted by molar-refractivity contribution is 5.61. The minimum absolute atomic E-state index is 0.477. The van der Waals surface area contributed by atoms with Gasteiger partial charge >= 0.3 is 0 Å². The normalized spacial score (nSPS) is 10.6. The van der Waals surface area contributed by atoms with Crippen LogP contribution in [0.4, 0.5) is 0 Å². The van der Waals surface area contributed by atoms with E-state index in [0.29, 0.717) is 5.78 Å². The molecule has 1 aromatic carbocycles. The first kappa shape index (κ1) is 9.71. The van der Waals surface area contributed by atoms with E-state index < -0.39 is 0 Å². The Morgan fingerprint density at radius 2 is 2.24 bits per heavy atom. The van der Waals surface area contributed by atoms with Crippen molar-refractivity contribution in [1.82, 2.24) is 24.8 Å². The van der Waals surface area contributed by atoms with E-state index in [1.54, 1.807) is 13.3 Å². The van der Waals surface area contributed by atoms with Crippen molar-refractivity contribution < 1.29 is 4.74 Å². The zero-order valence-electron chi connectivity index (χ0n) is 9.11. The van der Waals surface area contributed by atoms with Gasteiger partial charge in [0, 0.05) is 5.56 Å². The number of rotatable bonds is 2. The van der Waals surface area contributed by atoms with E-state index in [0.717, 1.165) is 17.0 Å². The van der Waals surface area contributed by atoms with E-state index in [1.165, 1.54) is 10.8 Å². The second-order valence-electron chi connectivity index (χ2n) is 3.45. The molecule has 0 unspecified atom stereocenters. The third-order valence-corrected chi connectivity index (χ3v) is 2.40. The predicted molar refractivity (Wildman–Crippen MR) is 60.6 cm³/mol. The van der Waals surface area contributed by atoms with E-state index in [9.17, 15) is 0 Å². The number of fused-ring (bicyclic) bond motifs is 1. The number of aromatic nitrogens is 5. The first-order chi connectivity index (χ1) is 8.36. The lowest BCUT2D eigenvalue weighted by Gasteiger charge is -2.03. The topological polar surface area (TPSA) is 65.2 Å². The van der Waals surface area contributed by atoms with Crippen LogP contribution in [-0.2, 0) is 0 Å². The van der Waals surface area contributed by atoms with Crippen LogP contribution in [0.25, 0.3) is 17.0 Å². The molecule has 2 aromatic heterocycles. The van der Waals surface area contributed by atoms with Gasteiger partial charge in [-0.2, -0.15) is 9.61 Å². The summed E-state index contributed by atoms with van der Waals surface area (Å²) in [4.78, 5) is 4.35. The average Bonchev–Trinajstić information content (AvgIpc) is 2.86. The average molecular weight is 227 g/mol. The molecule has 0 saturated carbocycles. The number of nitrogens with zero attached hydrogens (tertiary/aromatic N) is 5. The van der Waals surface area contributed by atoms with Gasteiger partial charge in [-0.3, -0.25) is 0 Å². The highest BCUT2D eigenvalue weighted by Gasteiger charge is 2.04. The van der Waals surface area contributed by atoms with Gasteiger partial charge in [-0.1, -0.05) is 12.1 Å². The van der Waals surface area contributed by atoms with Crippen molar-refractivity contribution >= 4 is 5.78 Å². The van der Waals surface area contributed by atoms with Crippen LogP contribution in [0.1, 0.15) is 0 Å². The van der Waals surface area contributed by atoms with Crippen molar-refractivity contribution in [2.45, 2.75) is 0 Å². The van der Waals surface area contributed by atoms with Gasteiger partial charge in [0.15, 0.2) is 0 Å². The van der Waals surface area contributed by atoms with Crippen LogP contribution in [0, 0.1) is 0 Å². The van der Waals surface area contributed by atoms with Crippen LogP contribution in [0.2, 0.25) is 0 Å². The molecule has 6 nitrogen and oxygen atoms in total. The predicted octanol–water partition coefficient (Wildman–Crippen LogP) is 1.19. The molecule has 84 valence electrons. The molecule has 0 radical (unpaired) electrons. The molecule has 0 aliphatic heterocycles. The molecule has 6 heteroatoms. The monoisotopic (exact) mass is 227 g/mol. The molecule has 0 atom stereocenters. The summed E-state index contributed by atoms with van der Waals surface area (Å²) in [5.41, 5.74) is 1.67. The van der Waals surface area contributed by atoms with E-state index in [2.05, 4.69) is 20.3 Å². The first-order valence-corrected chi connectivity index (χ1v) is 5.04. The van der Waals surface area contributed by atoms with Crippen molar-refractivity contribution in [3.05, 3.63) is 36.8 Å². The Morgan fingerprint density at radius 3 is 3.12 bits per heavy atom. The smallest absolute Gasteiger partial charge is 0.272 e. The maximum absolute atomic E-state index is 5.17. The first-order valence-electron chi connectivity index (χ1n) is 5.04. The molecule has 0 aliphatic rings. The fourth-order valence-corrected chi connectivity index (χ4v) is 1.55. The Labute approximate surface area is 96.9 Å². The van der Waals surface area contributed by atoms with Crippen molar-refractivity contribution in [2.75, 3.05) is 7.11 Å². The Kier molecular flexibility index (Phi) is 2.18. The van der Waals surface area contributed by atoms with Crippen LogP contribution in [0.15, 0.2) is 36.8 Å². The van der Waals surface area contributed by atoms with Gasteiger partial charge in [-0.25, -0.2) is 4.98 Å². The number of ether oxygens (including phenoxy) is 1. The largest absolute Gasteiger partial charge is 0.497 e. The standard InChI is InChI=1S/C11H9N5O/c1-17-9-4-2-3-8(5-9)10-6-13-16-7-12-15-11(16)14-10/h2-7H,1H3. The molecular formula is C11H9N5O. The molecule has 0 spiro atoms. The van der Waals surface area contributed by atoms with Gasteiger partial charge in [0.1, 0.15) is 12.1 Å². The van der Waals surface area contributed by atoms with E-state index >= 15 is 0 Å². The van der Waals surface area contributed by atoms with Crippen molar-refractivity contribution in [1.29, 1.82) is 0 Å². The zero-order valence-corrected chi connectivity index (χ0v) is 9.11. The van der Waals surface area contributed by atoms with Gasteiger partial charge in [0.2, 0.25) is 0 Å². The van der Waals surface area contributed by atoms with Crippen LogP contribution < -0.4 is 4.74 Å². The van der Waals surface area contributed by atoms with E-state index in [-0.39, 0.29) is 0 Å². The van der Waals surface area contributed by atoms with E-state index in [1.807, 2.05) is 24.3 Å². The summed E-state index contributed by atoms with van der Waals surface area (Å²) in [5.74, 6) is 1.26. The molecule has 17 heavy (non-hydrogen) atoms. The SMILES string of the molecule is COc1cccc(-c2cnn3cnnc3n2)c1. The van der Waals surface area contributed by atoms with Crippen molar-refractivity contribution in [2.24, 2.45) is 0 Å². The van der Waals surface area contributed by atoms with E-state index in [4.69, 9.17) is 4.74 Å². The van der Waals surface area contributed by atoms with Gasteiger partial charge < -0.3 is 4.74 Å². The zero-order chi connectivity index (χ0) is 11.7. The lowest BCUT2D eigenvalue weighted by Crippen LogP contribution is -1.95. The van der Waals surface area contributed by atoms with Crippen LogP contribution >= 0.6 is 0 Å². The fourth-order valence-electron chi connectivity index (χ4n) is 1.55. The Morgan fingerprint density at radius 1 is 1.29 bits per heavy atom. The van der Waals surface area contributed by atoms with Gasteiger partial charge in [-0.15, -0.1) is 10.2 Å². The fraction of sp³-hybridized carbons (Fsp3) is 0.0909. The number of hydrogen-bond donors (Lipinski definition) is 0. The molecule has 0 bridgehead atoms. The number of hydrogen-bond acceptors (Lipinski definition) is 5. The molecular weight excluding hydrogens is 218 g/mol. The summed E-state index contributed by atoms with van der Waals surface area (Å²) >= 11 is 0. The second kappa shape index (κ2) is 3.82. The van der Waals surface area contributed by atoms with Crippen molar-refractivity contribution in [3.63, 3.8) is 0 Å². The van der Waals surface area contributed by atoms with Crippen LogP contribution in [-0.4, -0.2) is 31.9 Å². The Balaban J connectivity index is 2.12. The minimum Gasteiger partial charge on any atom is -0.497 e. The van der Waals surface area contributed by atoms with Gasteiger partial charge in [0.05, 0.1) is 19.0 Å². The molecule has 0 N–H and O–H groups in total. The molecule has 0 saturated heterocycles. The van der Waals surface area contributed by atoms with Crippen LogP contribution in [0.5, 0.6) is 5.75 Å². The maximum atomic E-state index is 5.17. The Bertz CT molecular complexity index is 664. The third-order valence-electron chi connectivity index (χ3n) is 2.40. The quantitative estimate of drug-likeness (QED) is 0.658. The summed E-state index contributed by atoms with van der Waals surface area (Å²) in [6.45, 7) is 0. The summed E-state index contributed by atoms with van der Waals surface area (Å²) < 4.78 is 6.68. The lowest BCUT2D eigenvalue weighted by molar-refractivity contribution is 0.415. The molecule has 0 fully saturated rings. The molecule has 3 rings (SSSR count). The third kappa shape index (κ3) is 1.69. The summed E-state index contributed by atoms with van der Waals surface area (Å²) in [6.07, 6.45) is 3.18. The minimum atomic E-state index is 0.477. The molecule has 0 amide bonds. The molecule has 2 heterocycles. The summed E-state index contributed by atoms with van der Waals surface area (Å²) in [7, 11) is 1.63. The van der Waals surface area contributed by atoms with Gasteiger partial charge in [-0.05, 0) is 12.1 Å². The molecule has 0 aliphatic carbocycles. The number of methoxy groups -OCH3 is 1. The highest BCUT2D eigenvalue weighted by Crippen LogP contribution is 2.21. The summed E-state index contributed by atoms with van der Waals surface area (Å²) in [6, 6.07) is 7.63. The number of benzene rings is 1. The second-order valence-corrected chi connectivity index (χ2v) is 3.45.